The van der Waals surface area contributed by atoms with Gasteiger partial charge < -0.3 is 5.11 Å². The maximum Gasteiger partial charge on any atom is 0.172 e. The van der Waals surface area contributed by atoms with Crippen molar-refractivity contribution in [2.45, 2.75) is 33.7 Å². The first-order valence-electron chi connectivity index (χ1n) is 4.38. The van der Waals surface area contributed by atoms with Crippen LogP contribution < -0.4 is 9.67 Å². The SMILES string of the molecule is CCc1c[n+](CC)cc([O-])c1C. The monoisotopic (exact) mass is 165 g/mol. The van der Waals surface area contributed by atoms with E-state index in [1.807, 2.05) is 18.4 Å². The van der Waals surface area contributed by atoms with Crippen LogP contribution in [0.2, 0.25) is 0 Å². The molecule has 0 N–H and O–H groups in total. The van der Waals surface area contributed by atoms with Crippen LogP contribution in [0.4, 0.5) is 0 Å². The molecule has 0 saturated heterocycles. The van der Waals surface area contributed by atoms with Crippen LogP contribution >= 0.6 is 0 Å². The van der Waals surface area contributed by atoms with E-state index in [1.165, 1.54) is 0 Å². The molecular formula is C10H15NO. The van der Waals surface area contributed by atoms with Crippen molar-refractivity contribution in [3.8, 4) is 5.75 Å². The summed E-state index contributed by atoms with van der Waals surface area (Å²) in [6, 6.07) is 0. The largest absolute Gasteiger partial charge is 0.868 e. The van der Waals surface area contributed by atoms with E-state index in [2.05, 4.69) is 13.1 Å². The van der Waals surface area contributed by atoms with E-state index in [4.69, 9.17) is 0 Å². The molecule has 2 nitrogen and oxygen atoms in total. The summed E-state index contributed by atoms with van der Waals surface area (Å²) in [5.74, 6) is 0.149. The molecule has 1 aromatic rings. The lowest BCUT2D eigenvalue weighted by Crippen LogP contribution is -2.33. The van der Waals surface area contributed by atoms with Gasteiger partial charge in [-0.3, -0.25) is 0 Å². The molecule has 1 aromatic heterocycles. The Balaban J connectivity index is 3.19. The highest BCUT2D eigenvalue weighted by atomic mass is 16.3. The minimum atomic E-state index is 0.149. The van der Waals surface area contributed by atoms with Gasteiger partial charge in [0.1, 0.15) is 6.54 Å². The van der Waals surface area contributed by atoms with E-state index in [9.17, 15) is 5.11 Å². The molecule has 66 valence electrons. The van der Waals surface area contributed by atoms with Gasteiger partial charge in [-0.15, -0.1) is 0 Å². The van der Waals surface area contributed by atoms with Gasteiger partial charge >= 0.3 is 0 Å². The van der Waals surface area contributed by atoms with Gasteiger partial charge in [0.05, 0.1) is 0 Å². The van der Waals surface area contributed by atoms with E-state index in [1.54, 1.807) is 6.20 Å². The molecule has 0 fully saturated rings. The highest BCUT2D eigenvalue weighted by molar-refractivity contribution is 5.31. The topological polar surface area (TPSA) is 26.9 Å². The van der Waals surface area contributed by atoms with Gasteiger partial charge in [-0.25, -0.2) is 4.57 Å². The fourth-order valence-electron chi connectivity index (χ4n) is 1.28. The molecule has 0 aliphatic carbocycles. The Morgan fingerprint density at radius 3 is 2.50 bits per heavy atom. The number of hydrogen-bond donors (Lipinski definition) is 0. The number of rotatable bonds is 2. The first-order valence-corrected chi connectivity index (χ1v) is 4.38. The predicted molar refractivity (Wildman–Crippen MR) is 45.9 cm³/mol. The number of pyridine rings is 1. The molecule has 1 rings (SSSR count). The lowest BCUT2D eigenvalue weighted by atomic mass is 10.1. The van der Waals surface area contributed by atoms with Crippen molar-refractivity contribution < 1.29 is 9.67 Å². The third kappa shape index (κ3) is 1.58. The third-order valence-corrected chi connectivity index (χ3v) is 2.20. The van der Waals surface area contributed by atoms with Gasteiger partial charge in [-0.1, -0.05) is 6.92 Å². The van der Waals surface area contributed by atoms with E-state index >= 15 is 0 Å². The zero-order chi connectivity index (χ0) is 9.14. The Morgan fingerprint density at radius 1 is 1.33 bits per heavy atom. The molecule has 0 aromatic carbocycles. The van der Waals surface area contributed by atoms with Gasteiger partial charge in [0, 0.05) is 5.56 Å². The summed E-state index contributed by atoms with van der Waals surface area (Å²) >= 11 is 0. The maximum atomic E-state index is 11.4. The molecule has 0 aliphatic rings. The van der Waals surface area contributed by atoms with Crippen LogP contribution in [0.1, 0.15) is 25.0 Å². The molecular weight excluding hydrogens is 150 g/mol. The molecule has 2 heteroatoms. The minimum absolute atomic E-state index is 0.149. The van der Waals surface area contributed by atoms with Gasteiger partial charge in [0.15, 0.2) is 12.4 Å². The highest BCUT2D eigenvalue weighted by Crippen LogP contribution is 2.14. The second kappa shape index (κ2) is 3.57. The fourth-order valence-corrected chi connectivity index (χ4v) is 1.28. The predicted octanol–water partition coefficient (Wildman–Crippen LogP) is 0.938. The van der Waals surface area contributed by atoms with Crippen molar-refractivity contribution in [3.63, 3.8) is 0 Å². The number of aromatic nitrogens is 1. The molecule has 0 aliphatic heterocycles. The zero-order valence-corrected chi connectivity index (χ0v) is 7.92. The van der Waals surface area contributed by atoms with Crippen molar-refractivity contribution >= 4 is 0 Å². The molecule has 0 amide bonds. The standard InChI is InChI=1S/C10H15NO/c1-4-9-6-11(5-2)7-10(12)8(9)3/h6-7H,4-5H2,1-3H3. The Morgan fingerprint density at radius 2 is 2.00 bits per heavy atom. The van der Waals surface area contributed by atoms with Crippen LogP contribution in [0.25, 0.3) is 0 Å². The third-order valence-electron chi connectivity index (χ3n) is 2.20. The molecule has 12 heavy (non-hydrogen) atoms. The number of aryl methyl sites for hydroxylation is 2. The van der Waals surface area contributed by atoms with Gasteiger partial charge in [0.25, 0.3) is 0 Å². The van der Waals surface area contributed by atoms with Gasteiger partial charge in [-0.2, -0.15) is 0 Å². The summed E-state index contributed by atoms with van der Waals surface area (Å²) in [7, 11) is 0. The van der Waals surface area contributed by atoms with Crippen LogP contribution in [0, 0.1) is 6.92 Å². The van der Waals surface area contributed by atoms with Crippen LogP contribution in [0.5, 0.6) is 5.75 Å². The summed E-state index contributed by atoms with van der Waals surface area (Å²) in [4.78, 5) is 0. The normalized spacial score (nSPS) is 10.2. The molecule has 0 spiro atoms. The smallest absolute Gasteiger partial charge is 0.172 e. The molecule has 1 heterocycles. The number of hydrogen-bond acceptors (Lipinski definition) is 1. The molecule has 0 saturated carbocycles. The second-order valence-electron chi connectivity index (χ2n) is 2.96. The van der Waals surface area contributed by atoms with Crippen molar-refractivity contribution in [2.24, 2.45) is 0 Å². The van der Waals surface area contributed by atoms with Crippen molar-refractivity contribution in [2.75, 3.05) is 0 Å². The first-order chi connectivity index (χ1) is 5.69. The van der Waals surface area contributed by atoms with Gasteiger partial charge in [-0.05, 0) is 31.6 Å². The molecule has 0 bridgehead atoms. The minimum Gasteiger partial charge on any atom is -0.868 e. The summed E-state index contributed by atoms with van der Waals surface area (Å²) in [5, 5.41) is 11.4. The Kier molecular flexibility index (Phi) is 2.69. The maximum absolute atomic E-state index is 11.4. The average Bonchev–Trinajstić information content (AvgIpc) is 2.09. The van der Waals surface area contributed by atoms with Crippen LogP contribution in [0.15, 0.2) is 12.4 Å². The van der Waals surface area contributed by atoms with Crippen molar-refractivity contribution in [1.29, 1.82) is 0 Å². The number of nitrogens with zero attached hydrogens (tertiary/aromatic N) is 1. The molecule has 0 atom stereocenters. The van der Waals surface area contributed by atoms with E-state index < -0.39 is 0 Å². The van der Waals surface area contributed by atoms with E-state index in [0.29, 0.717) is 0 Å². The molecule has 0 unspecified atom stereocenters. The average molecular weight is 165 g/mol. The van der Waals surface area contributed by atoms with E-state index in [0.717, 1.165) is 24.1 Å². The highest BCUT2D eigenvalue weighted by Gasteiger charge is 2.03. The van der Waals surface area contributed by atoms with Crippen LogP contribution in [-0.2, 0) is 13.0 Å². The van der Waals surface area contributed by atoms with Crippen molar-refractivity contribution in [1.82, 2.24) is 0 Å². The summed E-state index contributed by atoms with van der Waals surface area (Å²) < 4.78 is 1.94. The van der Waals surface area contributed by atoms with Crippen LogP contribution in [-0.4, -0.2) is 0 Å². The Hall–Kier alpha value is -1.05. The van der Waals surface area contributed by atoms with E-state index in [-0.39, 0.29) is 5.75 Å². The lowest BCUT2D eigenvalue weighted by molar-refractivity contribution is -0.696. The Bertz CT molecular complexity index is 281. The Labute approximate surface area is 73.5 Å². The zero-order valence-electron chi connectivity index (χ0n) is 7.92. The van der Waals surface area contributed by atoms with Crippen molar-refractivity contribution in [3.05, 3.63) is 23.5 Å². The van der Waals surface area contributed by atoms with Gasteiger partial charge in [0.2, 0.25) is 0 Å². The summed E-state index contributed by atoms with van der Waals surface area (Å²) in [5.41, 5.74) is 2.05. The first kappa shape index (κ1) is 9.04. The summed E-state index contributed by atoms with van der Waals surface area (Å²) in [6.45, 7) is 6.86. The quantitative estimate of drug-likeness (QED) is 0.599. The lowest BCUT2D eigenvalue weighted by Gasteiger charge is -2.11. The fraction of sp³-hybridized carbons (Fsp3) is 0.500. The summed E-state index contributed by atoms with van der Waals surface area (Å²) in [6.07, 6.45) is 4.65. The van der Waals surface area contributed by atoms with Crippen LogP contribution in [0.3, 0.4) is 0 Å². The molecule has 0 radical (unpaired) electrons. The second-order valence-corrected chi connectivity index (χ2v) is 2.96.